The molecule has 1 saturated carbocycles. The van der Waals surface area contributed by atoms with E-state index in [9.17, 15) is 9.90 Å². The van der Waals surface area contributed by atoms with Crippen LogP contribution in [0.5, 0.6) is 0 Å². The second kappa shape index (κ2) is 6.22. The second-order valence-corrected chi connectivity index (χ2v) is 7.55. The van der Waals surface area contributed by atoms with Crippen molar-refractivity contribution in [2.24, 2.45) is 0 Å². The number of thioether (sulfide) groups is 1. The number of nitrogens with zero attached hydrogens (tertiary/aromatic N) is 4. The normalized spacial score (nSPS) is 20.8. The highest BCUT2D eigenvalue weighted by atomic mass is 32.2. The molecule has 1 aliphatic heterocycles. The summed E-state index contributed by atoms with van der Waals surface area (Å²) >= 11 is 1.48. The molecule has 4 rings (SSSR count). The molecule has 2 fully saturated rings. The maximum Gasteiger partial charge on any atom is 0.240 e. The van der Waals surface area contributed by atoms with E-state index in [1.807, 2.05) is 40.7 Å². The zero-order valence-corrected chi connectivity index (χ0v) is 14.4. The molecule has 1 atom stereocenters. The molecule has 24 heavy (non-hydrogen) atoms. The van der Waals surface area contributed by atoms with Crippen molar-refractivity contribution in [2.45, 2.75) is 49.2 Å². The van der Waals surface area contributed by atoms with Crippen LogP contribution in [0.2, 0.25) is 0 Å². The first-order valence-corrected chi connectivity index (χ1v) is 9.14. The van der Waals surface area contributed by atoms with Gasteiger partial charge in [-0.15, -0.1) is 10.2 Å². The molecular formula is C17H20N4O2S. The molecule has 0 radical (unpaired) electrons. The maximum atomic E-state index is 12.8. The van der Waals surface area contributed by atoms with E-state index in [2.05, 4.69) is 10.2 Å². The van der Waals surface area contributed by atoms with Gasteiger partial charge in [-0.2, -0.15) is 0 Å². The Morgan fingerprint density at radius 2 is 1.96 bits per heavy atom. The molecule has 1 amide bonds. The number of hydrogen-bond donors (Lipinski definition) is 1. The van der Waals surface area contributed by atoms with Crippen molar-refractivity contribution in [3.8, 4) is 0 Å². The van der Waals surface area contributed by atoms with Gasteiger partial charge in [-0.05, 0) is 38.3 Å². The van der Waals surface area contributed by atoms with E-state index < -0.39 is 0 Å². The number of anilines is 1. The molecular weight excluding hydrogens is 324 g/mol. The molecule has 1 aromatic heterocycles. The minimum absolute atomic E-state index is 0.113. The van der Waals surface area contributed by atoms with Crippen molar-refractivity contribution in [3.63, 3.8) is 0 Å². The molecule has 0 bridgehead atoms. The molecule has 1 saturated heterocycles. The number of rotatable bonds is 5. The lowest BCUT2D eigenvalue weighted by Gasteiger charge is -2.17. The zero-order chi connectivity index (χ0) is 16.7. The van der Waals surface area contributed by atoms with Crippen molar-refractivity contribution >= 4 is 23.4 Å². The lowest BCUT2D eigenvalue weighted by atomic mass is 10.2. The summed E-state index contributed by atoms with van der Waals surface area (Å²) in [5, 5.41) is 18.3. The van der Waals surface area contributed by atoms with Crippen LogP contribution in [0, 0.1) is 6.92 Å². The van der Waals surface area contributed by atoms with Gasteiger partial charge < -0.3 is 14.6 Å². The molecule has 0 unspecified atom stereocenters. The second-order valence-electron chi connectivity index (χ2n) is 6.38. The first-order valence-electron chi connectivity index (χ1n) is 8.26. The van der Waals surface area contributed by atoms with Crippen LogP contribution in [-0.4, -0.2) is 37.6 Å². The van der Waals surface area contributed by atoms with E-state index in [0.717, 1.165) is 36.7 Å². The number of benzene rings is 1. The molecule has 7 heteroatoms. The fraction of sp³-hybridized carbons (Fsp3) is 0.471. The zero-order valence-electron chi connectivity index (χ0n) is 13.6. The van der Waals surface area contributed by atoms with Gasteiger partial charge in [0, 0.05) is 18.3 Å². The van der Waals surface area contributed by atoms with Crippen molar-refractivity contribution < 1.29 is 9.90 Å². The van der Waals surface area contributed by atoms with E-state index in [-0.39, 0.29) is 17.8 Å². The molecule has 2 aromatic rings. The topological polar surface area (TPSA) is 71.2 Å². The summed E-state index contributed by atoms with van der Waals surface area (Å²) in [5.74, 6) is 0.723. The molecule has 0 spiro atoms. The van der Waals surface area contributed by atoms with Crippen LogP contribution in [-0.2, 0) is 11.4 Å². The highest BCUT2D eigenvalue weighted by molar-refractivity contribution is 8.00. The molecule has 1 N–H and O–H groups in total. The number of aliphatic hydroxyl groups is 1. The van der Waals surface area contributed by atoms with E-state index >= 15 is 0 Å². The monoisotopic (exact) mass is 344 g/mol. The van der Waals surface area contributed by atoms with Gasteiger partial charge >= 0.3 is 0 Å². The van der Waals surface area contributed by atoms with Crippen LogP contribution in [0.4, 0.5) is 5.69 Å². The highest BCUT2D eigenvalue weighted by Gasteiger charge is 2.36. The predicted octanol–water partition coefficient (Wildman–Crippen LogP) is 2.31. The Hall–Kier alpha value is -1.86. The standard InChI is InChI=1S/C17H20N4O2S/c1-11-2-4-12(5-3-11)20-9-8-14(16(20)23)24-17-19-18-15(10-22)21(17)13-6-7-13/h2-5,13-14,22H,6-10H2,1H3/t14-/m1/s1. The largest absolute Gasteiger partial charge is 0.388 e. The lowest BCUT2D eigenvalue weighted by molar-refractivity contribution is -0.116. The number of aliphatic hydroxyl groups excluding tert-OH is 1. The summed E-state index contributed by atoms with van der Waals surface area (Å²) in [6.45, 7) is 2.65. The Bertz CT molecular complexity index is 754. The van der Waals surface area contributed by atoms with Crippen molar-refractivity contribution in [1.82, 2.24) is 14.8 Å². The van der Waals surface area contributed by atoms with Crippen LogP contribution in [0.25, 0.3) is 0 Å². The van der Waals surface area contributed by atoms with Gasteiger partial charge in [0.05, 0.1) is 5.25 Å². The van der Waals surface area contributed by atoms with Gasteiger partial charge in [-0.25, -0.2) is 0 Å². The Balaban J connectivity index is 1.51. The van der Waals surface area contributed by atoms with E-state index in [4.69, 9.17) is 0 Å². The molecule has 6 nitrogen and oxygen atoms in total. The van der Waals surface area contributed by atoms with Crippen molar-refractivity contribution in [1.29, 1.82) is 0 Å². The first-order chi connectivity index (χ1) is 11.7. The Morgan fingerprint density at radius 3 is 2.62 bits per heavy atom. The maximum absolute atomic E-state index is 12.8. The van der Waals surface area contributed by atoms with Crippen LogP contribution >= 0.6 is 11.8 Å². The summed E-state index contributed by atoms with van der Waals surface area (Å²) in [6, 6.07) is 8.43. The summed E-state index contributed by atoms with van der Waals surface area (Å²) in [6.07, 6.45) is 2.97. The van der Waals surface area contributed by atoms with Crippen LogP contribution in [0.3, 0.4) is 0 Å². The fourth-order valence-corrected chi connectivity index (χ4v) is 4.23. The molecule has 2 aliphatic rings. The molecule has 1 aromatic carbocycles. The first kappa shape index (κ1) is 15.7. The van der Waals surface area contributed by atoms with E-state index in [1.54, 1.807) is 0 Å². The molecule has 2 heterocycles. The van der Waals surface area contributed by atoms with Crippen LogP contribution < -0.4 is 4.90 Å². The third kappa shape index (κ3) is 2.82. The Labute approximate surface area is 144 Å². The smallest absolute Gasteiger partial charge is 0.240 e. The third-order valence-corrected chi connectivity index (χ3v) is 5.75. The highest BCUT2D eigenvalue weighted by Crippen LogP contribution is 2.41. The van der Waals surface area contributed by atoms with Gasteiger partial charge in [-0.1, -0.05) is 29.5 Å². The minimum Gasteiger partial charge on any atom is -0.388 e. The van der Waals surface area contributed by atoms with Gasteiger partial charge in [0.2, 0.25) is 5.91 Å². The SMILES string of the molecule is Cc1ccc(N2CC[C@@H](Sc3nnc(CO)n3C3CC3)C2=O)cc1. The van der Waals surface area contributed by atoms with Crippen LogP contribution in [0.1, 0.15) is 36.7 Å². The quantitative estimate of drug-likeness (QED) is 0.901. The lowest BCUT2D eigenvalue weighted by Crippen LogP contribution is -2.28. The number of carbonyl (C=O) groups excluding carboxylic acids is 1. The number of carbonyl (C=O) groups is 1. The third-order valence-electron chi connectivity index (χ3n) is 4.54. The summed E-state index contributed by atoms with van der Waals surface area (Å²) in [5.41, 5.74) is 2.14. The van der Waals surface area contributed by atoms with Gasteiger partial charge in [0.1, 0.15) is 6.61 Å². The minimum atomic E-state index is -0.139. The average Bonchev–Trinajstić information content (AvgIpc) is 3.25. The number of aromatic nitrogens is 3. The fourth-order valence-electron chi connectivity index (χ4n) is 3.07. The molecule has 126 valence electrons. The van der Waals surface area contributed by atoms with Gasteiger partial charge in [0.25, 0.3) is 0 Å². The molecule has 1 aliphatic carbocycles. The predicted molar refractivity (Wildman–Crippen MR) is 92.0 cm³/mol. The Kier molecular flexibility index (Phi) is 4.05. The number of aryl methyl sites for hydroxylation is 1. The average molecular weight is 344 g/mol. The summed E-state index contributed by atoms with van der Waals surface area (Å²) in [4.78, 5) is 14.6. The number of hydrogen-bond acceptors (Lipinski definition) is 5. The van der Waals surface area contributed by atoms with E-state index in [0.29, 0.717) is 11.9 Å². The van der Waals surface area contributed by atoms with E-state index in [1.165, 1.54) is 17.3 Å². The summed E-state index contributed by atoms with van der Waals surface area (Å²) in [7, 11) is 0. The Morgan fingerprint density at radius 1 is 1.21 bits per heavy atom. The number of amides is 1. The van der Waals surface area contributed by atoms with Crippen molar-refractivity contribution in [3.05, 3.63) is 35.7 Å². The summed E-state index contributed by atoms with van der Waals surface area (Å²) < 4.78 is 2.01. The van der Waals surface area contributed by atoms with Crippen molar-refractivity contribution in [2.75, 3.05) is 11.4 Å². The van der Waals surface area contributed by atoms with Gasteiger partial charge in [-0.3, -0.25) is 4.79 Å². The van der Waals surface area contributed by atoms with Crippen LogP contribution in [0.15, 0.2) is 29.4 Å². The van der Waals surface area contributed by atoms with Gasteiger partial charge in [0.15, 0.2) is 11.0 Å².